The zero-order valence-corrected chi connectivity index (χ0v) is 73.0. The van der Waals surface area contributed by atoms with Gasteiger partial charge in [-0.1, -0.05) is 83.9 Å². The smallest absolute Gasteiger partial charge is 0.188 e. The lowest BCUT2D eigenvalue weighted by atomic mass is 10.1. The van der Waals surface area contributed by atoms with Gasteiger partial charge in [-0.3, -0.25) is 35.1 Å². The molecule has 15 heterocycles. The number of thiophene rings is 4. The molecule has 3 aliphatic heterocycles. The van der Waals surface area contributed by atoms with Gasteiger partial charge in [0.1, 0.15) is 84.9 Å². The van der Waals surface area contributed by atoms with Crippen LogP contribution in [0.25, 0.3) is 130 Å². The van der Waals surface area contributed by atoms with E-state index in [4.69, 9.17) is 71.6 Å². The zero-order chi connectivity index (χ0) is 85.4. The third-order valence-corrected chi connectivity index (χ3v) is 26.7. The highest BCUT2D eigenvalue weighted by molar-refractivity contribution is 7.19. The van der Waals surface area contributed by atoms with Crippen molar-refractivity contribution in [2.75, 3.05) is 140 Å². The summed E-state index contributed by atoms with van der Waals surface area (Å²) in [4.78, 5) is 44.0. The Kier molecular flexibility index (Phi) is 25.0. The van der Waals surface area contributed by atoms with Crippen molar-refractivity contribution < 1.29 is 32.8 Å². The molecule has 0 spiro atoms. The van der Waals surface area contributed by atoms with E-state index in [0.717, 1.165) is 235 Å². The lowest BCUT2D eigenvalue weighted by molar-refractivity contribution is 0.0320. The Morgan fingerprint density at radius 3 is 1.13 bits per heavy atom. The van der Waals surface area contributed by atoms with Crippen molar-refractivity contribution in [3.05, 3.63) is 214 Å². The first-order valence-corrected chi connectivity index (χ1v) is 45.8. The Balaban J connectivity index is 0.000000108. The fourth-order valence-electron chi connectivity index (χ4n) is 15.7. The van der Waals surface area contributed by atoms with Gasteiger partial charge in [0, 0.05) is 136 Å². The van der Waals surface area contributed by atoms with Gasteiger partial charge in [0.25, 0.3) is 0 Å². The van der Waals surface area contributed by atoms with E-state index in [2.05, 4.69) is 155 Å². The van der Waals surface area contributed by atoms with Gasteiger partial charge in [-0.15, -0.1) is 45.3 Å². The zero-order valence-electron chi connectivity index (χ0n) is 68.2. The van der Waals surface area contributed by atoms with Crippen LogP contribution in [0.3, 0.4) is 0 Å². The molecule has 19 aromatic rings. The number of H-pyrrole nitrogens is 4. The summed E-state index contributed by atoms with van der Waals surface area (Å²) in [5.41, 5.74) is 8.84. The van der Waals surface area contributed by atoms with Crippen LogP contribution in [0.15, 0.2) is 198 Å². The second kappa shape index (κ2) is 38.3. The summed E-state index contributed by atoms with van der Waals surface area (Å²) in [6.45, 7) is 14.1. The summed E-state index contributed by atoms with van der Waals surface area (Å²) in [7, 11) is 0. The number of pyridine rings is 4. The van der Waals surface area contributed by atoms with Gasteiger partial charge < -0.3 is 49.7 Å². The van der Waals surface area contributed by atoms with Crippen LogP contribution in [0.1, 0.15) is 12.8 Å². The van der Waals surface area contributed by atoms with Crippen molar-refractivity contribution in [1.82, 2.24) is 95.4 Å². The van der Waals surface area contributed by atoms with Crippen molar-refractivity contribution in [3.8, 4) is 62.8 Å². The number of benzene rings is 7. The van der Waals surface area contributed by atoms with E-state index in [1.165, 1.54) is 48.2 Å². The van der Waals surface area contributed by atoms with E-state index >= 15 is 4.39 Å². The van der Waals surface area contributed by atoms with Crippen molar-refractivity contribution >= 4 is 193 Å². The van der Waals surface area contributed by atoms with Crippen molar-refractivity contribution in [2.45, 2.75) is 18.9 Å². The summed E-state index contributed by atoms with van der Waals surface area (Å²) < 4.78 is 53.6. The highest BCUT2D eigenvalue weighted by Crippen LogP contribution is 2.45. The van der Waals surface area contributed by atoms with Crippen molar-refractivity contribution in [1.29, 1.82) is 0 Å². The standard InChI is InChI=1S/2C25H23ClN6O2S.C25H23FN6O2S.C16H13N5S/c26-21-19(5-2-6-20(21)34-13-10-32-8-11-33-12-9-32)29-25-23-17(7-14-35-23)16-3-1-4-18(22(16)30-25)24-27-15-28-31-24;26-20-14-16(34-12-9-32-7-10-33-11-8-32)4-5-21(20)29-25-23-18(6-13-35-23)17-2-1-3-19(22(17)30-25)24-27-15-28-31-24;26-21-19(5-2-6-20(21)34-13-10-32-8-11-33-12-9-32)29-25-23-17(7-14-35-23)16-3-1-4-18(22(16)30-25)24-27-15-28-31-24;1-2-10-11-6-7-22-14(11)16(19-9-4-5-9)20-13(10)12(3-1)15-17-8-18-21-15/h1-7,14-15H,8-13H2,(H,29,30)(H,27,28,31);1-6,13-15H,7-12H2,(H,29,30)(H,27,28,31);1-7,14-15H,8-13H2,(H,29,30)(H,27,28,31);1-3,6-9H,4-5H2,(H,19,20)(H,17,18,21). The first-order chi connectivity index (χ1) is 62.7. The number of para-hydroxylation sites is 4. The highest BCUT2D eigenvalue weighted by Gasteiger charge is 2.27. The van der Waals surface area contributed by atoms with E-state index in [1.807, 2.05) is 96.4 Å². The summed E-state index contributed by atoms with van der Waals surface area (Å²) in [5, 5.41) is 59.6. The normalized spacial score (nSPS) is 14.6. The number of anilines is 7. The van der Waals surface area contributed by atoms with Gasteiger partial charge in [0.2, 0.25) is 0 Å². The van der Waals surface area contributed by atoms with Gasteiger partial charge in [0.05, 0.1) is 103 Å². The molecule has 8 N–H and O–H groups in total. The monoisotopic (exact) mass is 1810 g/mol. The number of halogens is 3. The molecule has 4 aliphatic rings. The fourth-order valence-corrected chi connectivity index (χ4v) is 19.6. The van der Waals surface area contributed by atoms with Gasteiger partial charge in [-0.25, -0.2) is 44.3 Å². The molecule has 23 rings (SSSR count). The van der Waals surface area contributed by atoms with Gasteiger partial charge in [-0.2, -0.15) is 20.4 Å². The molecule has 7 aromatic carbocycles. The minimum atomic E-state index is -0.440. The number of hydrogen-bond acceptors (Lipinski definition) is 29. The quantitative estimate of drug-likeness (QED) is 0.0279. The average molecular weight is 1810 g/mol. The van der Waals surface area contributed by atoms with Crippen LogP contribution < -0.4 is 35.5 Å². The first-order valence-electron chi connectivity index (χ1n) is 41.6. The second-order valence-corrected chi connectivity index (χ2v) is 34.7. The molecule has 29 nitrogen and oxygen atoms in total. The maximum Gasteiger partial charge on any atom is 0.188 e. The van der Waals surface area contributed by atoms with Crippen LogP contribution in [-0.2, 0) is 14.2 Å². The van der Waals surface area contributed by atoms with Crippen molar-refractivity contribution in [2.24, 2.45) is 0 Å². The fraction of sp³-hybridized carbons (Fsp3) is 0.231. The van der Waals surface area contributed by atoms with E-state index in [-0.39, 0.29) is 5.75 Å². The topological polar surface area (TPSA) is 331 Å². The summed E-state index contributed by atoms with van der Waals surface area (Å²) >= 11 is 20.0. The predicted octanol–water partition coefficient (Wildman–Crippen LogP) is 19.3. The van der Waals surface area contributed by atoms with E-state index in [9.17, 15) is 0 Å². The lowest BCUT2D eigenvalue weighted by Crippen LogP contribution is -2.38. The maximum absolute atomic E-state index is 15.4. The predicted molar refractivity (Wildman–Crippen MR) is 504 cm³/mol. The number of morpholine rings is 3. The maximum atomic E-state index is 15.4. The van der Waals surface area contributed by atoms with Crippen LogP contribution in [0.4, 0.5) is 44.7 Å². The van der Waals surface area contributed by atoms with E-state index < -0.39 is 5.82 Å². The SMILES string of the molecule is Clc1c(Nc2nc3c(-c4ncn[nH]4)cccc3c3ccsc23)cccc1OCCN1CCOCC1.Clc1cc(OCCN2CCOCC2)ccc1Nc1nc2c(-c3ncn[nH]3)cccc2c2ccsc12.Fc1c(Nc2nc3c(-c4ncn[nH]4)cccc3c3ccsc23)cccc1OCCN1CCOCC1.c1cc(-c2ncn[nH]2)c2nc(NC3CC3)c3sccc3c2c1. The molecule has 3 saturated heterocycles. The number of fused-ring (bicyclic) bond motifs is 12. The van der Waals surface area contributed by atoms with Crippen LogP contribution >= 0.6 is 68.5 Å². The van der Waals surface area contributed by atoms with Crippen LogP contribution in [0.2, 0.25) is 10.0 Å². The molecular weight excluding hydrogens is 1730 g/mol. The van der Waals surface area contributed by atoms with Gasteiger partial charge in [-0.05, 0) is 119 Å². The number of rotatable bonds is 24. The summed E-state index contributed by atoms with van der Waals surface area (Å²) in [6, 6.07) is 50.0. The first kappa shape index (κ1) is 82.7. The van der Waals surface area contributed by atoms with Crippen LogP contribution in [0.5, 0.6) is 17.2 Å². The average Bonchev–Trinajstić information content (AvgIpc) is 1.45. The Hall–Kier alpha value is -12.6. The van der Waals surface area contributed by atoms with E-state index in [1.54, 1.807) is 63.5 Å². The molecule has 1 aliphatic carbocycles. The molecule has 642 valence electrons. The van der Waals surface area contributed by atoms with Gasteiger partial charge >= 0.3 is 0 Å². The number of hydrogen-bond donors (Lipinski definition) is 8. The number of aromatic nitrogens is 16. The van der Waals surface area contributed by atoms with Crippen LogP contribution in [-0.4, -0.2) is 220 Å². The highest BCUT2D eigenvalue weighted by atomic mass is 35.5. The molecule has 0 bridgehead atoms. The number of ether oxygens (including phenoxy) is 6. The number of aromatic amines is 4. The third-order valence-electron chi connectivity index (χ3n) is 22.3. The largest absolute Gasteiger partial charge is 0.492 e. The summed E-state index contributed by atoms with van der Waals surface area (Å²) in [6.07, 6.45) is 8.46. The Labute approximate surface area is 751 Å². The molecule has 127 heavy (non-hydrogen) atoms. The molecule has 1 saturated carbocycles. The minimum Gasteiger partial charge on any atom is -0.492 e. The van der Waals surface area contributed by atoms with E-state index in [0.29, 0.717) is 70.6 Å². The molecule has 0 unspecified atom stereocenters. The van der Waals surface area contributed by atoms with Crippen molar-refractivity contribution in [3.63, 3.8) is 0 Å². The molecule has 0 radical (unpaired) electrons. The molecule has 4 fully saturated rings. The van der Waals surface area contributed by atoms with Gasteiger partial charge in [0.15, 0.2) is 34.9 Å². The molecule has 0 atom stereocenters. The lowest BCUT2D eigenvalue weighted by Gasteiger charge is -2.26. The number of nitrogens with one attached hydrogen (secondary N) is 8. The Morgan fingerprint density at radius 2 is 0.740 bits per heavy atom. The molecule has 36 heteroatoms. The summed E-state index contributed by atoms with van der Waals surface area (Å²) in [5.74, 6) is 6.97. The number of nitrogens with zero attached hydrogens (tertiary/aromatic N) is 15. The Morgan fingerprint density at radius 1 is 0.386 bits per heavy atom. The Bertz CT molecular complexity index is 6800. The molecular formula is C91H82Cl2FN23O6S4. The second-order valence-electron chi connectivity index (χ2n) is 30.2. The minimum absolute atomic E-state index is 0.217. The molecule has 12 aromatic heterocycles. The third kappa shape index (κ3) is 18.3. The van der Waals surface area contributed by atoms with Crippen LogP contribution in [0, 0.1) is 5.82 Å². The molecule has 0 amide bonds.